The van der Waals surface area contributed by atoms with Crippen molar-refractivity contribution >= 4 is 32.6 Å². The van der Waals surface area contributed by atoms with E-state index in [4.69, 9.17) is 9.72 Å². The molecule has 1 aliphatic rings. The van der Waals surface area contributed by atoms with Crippen LogP contribution in [0, 0.1) is 0 Å². The molecule has 0 N–H and O–H groups in total. The first kappa shape index (κ1) is 17.2. The van der Waals surface area contributed by atoms with Gasteiger partial charge in [-0.2, -0.15) is 0 Å². The number of aromatic nitrogens is 1. The molecule has 0 saturated carbocycles. The van der Waals surface area contributed by atoms with Crippen LogP contribution in [0.4, 0.5) is 5.13 Å². The molecular formula is C21H22N2O2S. The van der Waals surface area contributed by atoms with E-state index in [1.807, 2.05) is 41.3 Å². The number of ether oxygens (including phenoxy) is 1. The minimum atomic E-state index is 0.114. The molecule has 2 aromatic carbocycles. The topological polar surface area (TPSA) is 42.4 Å². The van der Waals surface area contributed by atoms with Crippen LogP contribution in [0.2, 0.25) is 0 Å². The number of benzene rings is 2. The Morgan fingerprint density at radius 3 is 2.73 bits per heavy atom. The number of hydrogen-bond donors (Lipinski definition) is 0. The van der Waals surface area contributed by atoms with Crippen LogP contribution in [-0.2, 0) is 16.0 Å². The normalized spacial score (nSPS) is 16.8. The van der Waals surface area contributed by atoms with E-state index in [9.17, 15) is 4.79 Å². The summed E-state index contributed by atoms with van der Waals surface area (Å²) in [5.74, 6) is 0.114. The molecule has 1 fully saturated rings. The van der Waals surface area contributed by atoms with Crippen molar-refractivity contribution in [1.29, 1.82) is 0 Å². The molecule has 4 nitrogen and oxygen atoms in total. The van der Waals surface area contributed by atoms with Crippen LogP contribution in [0.5, 0.6) is 0 Å². The lowest BCUT2D eigenvalue weighted by molar-refractivity contribution is -0.119. The second-order valence-corrected chi connectivity index (χ2v) is 7.60. The summed E-state index contributed by atoms with van der Waals surface area (Å²) < 4.78 is 6.88. The van der Waals surface area contributed by atoms with Crippen LogP contribution in [-0.4, -0.2) is 30.1 Å². The summed E-state index contributed by atoms with van der Waals surface area (Å²) in [5.41, 5.74) is 2.13. The highest BCUT2D eigenvalue weighted by Crippen LogP contribution is 2.30. The summed E-state index contributed by atoms with van der Waals surface area (Å²) in [6.07, 6.45) is 3.41. The summed E-state index contributed by atoms with van der Waals surface area (Å²) in [6.45, 7) is 1.38. The molecule has 1 aromatic heterocycles. The Balaban J connectivity index is 1.54. The van der Waals surface area contributed by atoms with Gasteiger partial charge in [-0.25, -0.2) is 4.98 Å². The van der Waals surface area contributed by atoms with Crippen molar-refractivity contribution in [2.75, 3.05) is 18.1 Å². The van der Waals surface area contributed by atoms with Crippen molar-refractivity contribution in [2.24, 2.45) is 0 Å². The second-order valence-electron chi connectivity index (χ2n) is 6.59. The van der Waals surface area contributed by atoms with Gasteiger partial charge in [0, 0.05) is 13.0 Å². The first-order valence-corrected chi connectivity index (χ1v) is 9.93. The van der Waals surface area contributed by atoms with E-state index in [1.165, 1.54) is 5.56 Å². The average molecular weight is 366 g/mol. The minimum absolute atomic E-state index is 0.114. The Bertz CT molecular complexity index is 839. The summed E-state index contributed by atoms with van der Waals surface area (Å²) in [6, 6.07) is 18.2. The largest absolute Gasteiger partial charge is 0.376 e. The Morgan fingerprint density at radius 2 is 1.96 bits per heavy atom. The summed E-state index contributed by atoms with van der Waals surface area (Å²) in [4.78, 5) is 19.6. The smallest absolute Gasteiger partial charge is 0.229 e. The Hall–Kier alpha value is -2.24. The van der Waals surface area contributed by atoms with Gasteiger partial charge in [-0.3, -0.25) is 9.69 Å². The fourth-order valence-electron chi connectivity index (χ4n) is 3.28. The third kappa shape index (κ3) is 3.94. The molecule has 1 aliphatic heterocycles. The molecule has 0 bridgehead atoms. The zero-order valence-corrected chi connectivity index (χ0v) is 15.5. The number of carbonyl (C=O) groups excluding carboxylic acids is 1. The van der Waals surface area contributed by atoms with E-state index >= 15 is 0 Å². The maximum absolute atomic E-state index is 13.0. The number of para-hydroxylation sites is 1. The van der Waals surface area contributed by atoms with Gasteiger partial charge in [-0.05, 0) is 37.0 Å². The van der Waals surface area contributed by atoms with Crippen molar-refractivity contribution in [2.45, 2.75) is 31.8 Å². The van der Waals surface area contributed by atoms with Crippen LogP contribution in [0.3, 0.4) is 0 Å². The summed E-state index contributed by atoms with van der Waals surface area (Å²) in [7, 11) is 0. The van der Waals surface area contributed by atoms with Crippen molar-refractivity contribution < 1.29 is 9.53 Å². The highest BCUT2D eigenvalue weighted by Gasteiger charge is 2.25. The van der Waals surface area contributed by atoms with Crippen molar-refractivity contribution in [3.63, 3.8) is 0 Å². The van der Waals surface area contributed by atoms with Gasteiger partial charge in [0.25, 0.3) is 0 Å². The maximum Gasteiger partial charge on any atom is 0.229 e. The van der Waals surface area contributed by atoms with Crippen molar-refractivity contribution in [3.05, 3.63) is 60.2 Å². The highest BCUT2D eigenvalue weighted by atomic mass is 32.1. The Morgan fingerprint density at radius 1 is 1.15 bits per heavy atom. The van der Waals surface area contributed by atoms with Crippen LogP contribution in [0.25, 0.3) is 10.2 Å². The molecule has 134 valence electrons. The number of carbonyl (C=O) groups is 1. The predicted molar refractivity (Wildman–Crippen MR) is 106 cm³/mol. The quantitative estimate of drug-likeness (QED) is 0.648. The number of amides is 1. The molecule has 2 heterocycles. The third-order valence-electron chi connectivity index (χ3n) is 4.70. The molecular weight excluding hydrogens is 344 g/mol. The summed E-state index contributed by atoms with van der Waals surface area (Å²) in [5, 5.41) is 0.778. The van der Waals surface area contributed by atoms with Crippen LogP contribution >= 0.6 is 11.3 Å². The average Bonchev–Trinajstić information content (AvgIpc) is 3.34. The number of aryl methyl sites for hydroxylation is 1. The van der Waals surface area contributed by atoms with Gasteiger partial charge in [0.1, 0.15) is 0 Å². The number of thiazole rings is 1. The highest BCUT2D eigenvalue weighted by molar-refractivity contribution is 7.22. The van der Waals surface area contributed by atoms with Gasteiger partial charge in [0.05, 0.1) is 22.9 Å². The lowest BCUT2D eigenvalue weighted by Gasteiger charge is -2.23. The zero-order chi connectivity index (χ0) is 17.8. The molecule has 5 heteroatoms. The number of fused-ring (bicyclic) bond motifs is 1. The van der Waals surface area contributed by atoms with Gasteiger partial charge in [-0.1, -0.05) is 53.8 Å². The van der Waals surface area contributed by atoms with E-state index in [0.717, 1.165) is 41.2 Å². The van der Waals surface area contributed by atoms with Crippen LogP contribution < -0.4 is 4.90 Å². The zero-order valence-electron chi connectivity index (χ0n) is 14.6. The van der Waals surface area contributed by atoms with E-state index in [1.54, 1.807) is 11.3 Å². The predicted octanol–water partition coefficient (Wildman–Crippen LogP) is 4.44. The van der Waals surface area contributed by atoms with Gasteiger partial charge in [0.15, 0.2) is 5.13 Å². The van der Waals surface area contributed by atoms with Gasteiger partial charge in [0.2, 0.25) is 5.91 Å². The number of hydrogen-bond acceptors (Lipinski definition) is 4. The maximum atomic E-state index is 13.0. The summed E-state index contributed by atoms with van der Waals surface area (Å²) >= 11 is 1.58. The lowest BCUT2D eigenvalue weighted by Crippen LogP contribution is -2.37. The van der Waals surface area contributed by atoms with Crippen molar-refractivity contribution in [1.82, 2.24) is 4.98 Å². The van der Waals surface area contributed by atoms with Gasteiger partial charge in [-0.15, -0.1) is 0 Å². The van der Waals surface area contributed by atoms with E-state index in [0.29, 0.717) is 13.0 Å². The molecule has 1 saturated heterocycles. The molecule has 0 unspecified atom stereocenters. The molecule has 0 aliphatic carbocycles. The Kier molecular flexibility index (Phi) is 5.27. The van der Waals surface area contributed by atoms with E-state index < -0.39 is 0 Å². The van der Waals surface area contributed by atoms with Crippen LogP contribution in [0.15, 0.2) is 54.6 Å². The van der Waals surface area contributed by atoms with Crippen LogP contribution in [0.1, 0.15) is 24.8 Å². The molecule has 4 rings (SSSR count). The van der Waals surface area contributed by atoms with Gasteiger partial charge >= 0.3 is 0 Å². The standard InChI is InChI=1S/C21H22N2O2S/c24-20(13-12-16-7-2-1-3-8-16)23(15-17-9-6-14-25-17)21-22-18-10-4-5-11-19(18)26-21/h1-5,7-8,10-11,17H,6,9,12-15H2/t17-/m0/s1. The monoisotopic (exact) mass is 366 g/mol. The SMILES string of the molecule is O=C(CCc1ccccc1)N(C[C@@H]1CCCO1)c1nc2ccccc2s1. The lowest BCUT2D eigenvalue weighted by atomic mass is 10.1. The second kappa shape index (κ2) is 7.98. The van der Waals surface area contributed by atoms with Crippen molar-refractivity contribution in [3.8, 4) is 0 Å². The first-order chi connectivity index (χ1) is 12.8. The Labute approximate surface area is 157 Å². The molecule has 1 atom stereocenters. The number of anilines is 1. The first-order valence-electron chi connectivity index (χ1n) is 9.11. The molecule has 0 spiro atoms. The van der Waals surface area contributed by atoms with E-state index in [-0.39, 0.29) is 12.0 Å². The van der Waals surface area contributed by atoms with E-state index in [2.05, 4.69) is 18.2 Å². The van der Waals surface area contributed by atoms with Gasteiger partial charge < -0.3 is 4.74 Å². The molecule has 3 aromatic rings. The molecule has 0 radical (unpaired) electrons. The number of rotatable bonds is 6. The minimum Gasteiger partial charge on any atom is -0.376 e. The third-order valence-corrected chi connectivity index (χ3v) is 5.75. The molecule has 26 heavy (non-hydrogen) atoms. The number of nitrogens with zero attached hydrogens (tertiary/aromatic N) is 2. The fraction of sp³-hybridized carbons (Fsp3) is 0.333. The molecule has 1 amide bonds. The fourth-order valence-corrected chi connectivity index (χ4v) is 4.28.